The second-order valence-corrected chi connectivity index (χ2v) is 6.46. The molecule has 2 aromatic carbocycles. The van der Waals surface area contributed by atoms with Crippen molar-refractivity contribution >= 4 is 15.9 Å². The maximum atomic E-state index is 5.77. The number of benzene rings is 2. The highest BCUT2D eigenvalue weighted by Crippen LogP contribution is 2.27. The molecule has 0 bridgehead atoms. The minimum Gasteiger partial charge on any atom is -0.493 e. The molecule has 0 saturated carbocycles. The van der Waals surface area contributed by atoms with Crippen LogP contribution in [0.4, 0.5) is 0 Å². The van der Waals surface area contributed by atoms with E-state index in [9.17, 15) is 0 Å². The summed E-state index contributed by atoms with van der Waals surface area (Å²) in [6, 6.07) is 14.0. The van der Waals surface area contributed by atoms with Crippen LogP contribution in [-0.2, 0) is 6.42 Å². The molecule has 0 spiro atoms. The first-order valence-corrected chi connectivity index (χ1v) is 8.69. The summed E-state index contributed by atoms with van der Waals surface area (Å²) >= 11 is 3.45. The fourth-order valence-electron chi connectivity index (χ4n) is 2.34. The van der Waals surface area contributed by atoms with Crippen molar-refractivity contribution in [3.63, 3.8) is 0 Å². The molecule has 0 aliphatic heterocycles. The van der Waals surface area contributed by atoms with Gasteiger partial charge in [-0.3, -0.25) is 0 Å². The Bertz CT molecular complexity index is 648. The Morgan fingerprint density at radius 2 is 1.75 bits per heavy atom. The van der Waals surface area contributed by atoms with Crippen LogP contribution in [0.5, 0.6) is 17.2 Å². The van der Waals surface area contributed by atoms with Crippen LogP contribution in [0.3, 0.4) is 0 Å². The van der Waals surface area contributed by atoms with Gasteiger partial charge in [0, 0.05) is 17.6 Å². The molecule has 0 aliphatic rings. The van der Waals surface area contributed by atoms with E-state index in [0.717, 1.165) is 41.2 Å². The Balaban J connectivity index is 1.75. The quantitative estimate of drug-likeness (QED) is 0.643. The van der Waals surface area contributed by atoms with Crippen LogP contribution >= 0.6 is 15.9 Å². The molecule has 0 radical (unpaired) electrons. The molecule has 0 fully saturated rings. The summed E-state index contributed by atoms with van der Waals surface area (Å²) in [5.41, 5.74) is 1.23. The number of methoxy groups -OCH3 is 2. The average molecular weight is 394 g/mol. The van der Waals surface area contributed by atoms with Crippen molar-refractivity contribution in [3.05, 3.63) is 52.5 Å². The van der Waals surface area contributed by atoms with E-state index in [0.29, 0.717) is 6.61 Å². The first-order valence-electron chi connectivity index (χ1n) is 7.90. The first kappa shape index (κ1) is 18.6. The molecule has 0 saturated heterocycles. The van der Waals surface area contributed by atoms with Gasteiger partial charge < -0.3 is 19.1 Å². The Labute approximate surface area is 152 Å². The summed E-state index contributed by atoms with van der Waals surface area (Å²) in [4.78, 5) is 2.26. The molecule has 2 aromatic rings. The molecule has 0 aromatic heterocycles. The summed E-state index contributed by atoms with van der Waals surface area (Å²) in [6.07, 6.45) is 0.952. The van der Waals surface area contributed by atoms with E-state index in [2.05, 4.69) is 33.9 Å². The Hall–Kier alpha value is -1.72. The zero-order valence-electron chi connectivity index (χ0n) is 14.4. The van der Waals surface area contributed by atoms with E-state index in [-0.39, 0.29) is 0 Å². The van der Waals surface area contributed by atoms with Gasteiger partial charge in [0.25, 0.3) is 0 Å². The minimum atomic E-state index is 0.666. The Kier molecular flexibility index (Phi) is 7.40. The van der Waals surface area contributed by atoms with E-state index in [1.54, 1.807) is 14.2 Å². The van der Waals surface area contributed by atoms with Crippen LogP contribution in [0.25, 0.3) is 0 Å². The fourth-order valence-corrected chi connectivity index (χ4v) is 2.72. The van der Waals surface area contributed by atoms with E-state index in [1.807, 2.05) is 36.4 Å². The summed E-state index contributed by atoms with van der Waals surface area (Å²) in [6.45, 7) is 2.50. The van der Waals surface area contributed by atoms with Crippen LogP contribution in [0.1, 0.15) is 5.56 Å². The van der Waals surface area contributed by atoms with Gasteiger partial charge in [0.1, 0.15) is 12.4 Å². The Morgan fingerprint density at radius 3 is 2.46 bits per heavy atom. The van der Waals surface area contributed by atoms with Gasteiger partial charge in [0.15, 0.2) is 11.5 Å². The second-order valence-electron chi connectivity index (χ2n) is 5.55. The van der Waals surface area contributed by atoms with Crippen molar-refractivity contribution in [2.45, 2.75) is 6.42 Å². The zero-order chi connectivity index (χ0) is 17.4. The highest BCUT2D eigenvalue weighted by Gasteiger charge is 2.06. The fraction of sp³-hybridized carbons (Fsp3) is 0.368. The summed E-state index contributed by atoms with van der Waals surface area (Å²) in [5.74, 6) is 2.42. The number of hydrogen-bond acceptors (Lipinski definition) is 4. The van der Waals surface area contributed by atoms with Crippen molar-refractivity contribution in [1.29, 1.82) is 0 Å². The molecule has 0 amide bonds. The van der Waals surface area contributed by atoms with E-state index < -0.39 is 0 Å². The van der Waals surface area contributed by atoms with Crippen LogP contribution in [-0.4, -0.2) is 45.9 Å². The smallest absolute Gasteiger partial charge is 0.160 e. The molecule has 4 nitrogen and oxygen atoms in total. The lowest BCUT2D eigenvalue weighted by Crippen LogP contribution is -2.26. The maximum Gasteiger partial charge on any atom is 0.160 e. The number of likely N-dealkylation sites (N-methyl/N-ethyl adjacent to an activating group) is 1. The maximum absolute atomic E-state index is 5.77. The number of nitrogens with zero attached hydrogens (tertiary/aromatic N) is 1. The van der Waals surface area contributed by atoms with Crippen LogP contribution in [0.15, 0.2) is 46.9 Å². The average Bonchev–Trinajstić information content (AvgIpc) is 2.59. The number of hydrogen-bond donors (Lipinski definition) is 0. The molecule has 24 heavy (non-hydrogen) atoms. The van der Waals surface area contributed by atoms with Gasteiger partial charge in [-0.2, -0.15) is 0 Å². The predicted octanol–water partition coefficient (Wildman–Crippen LogP) is 4.02. The molecule has 0 unspecified atom stereocenters. The van der Waals surface area contributed by atoms with Gasteiger partial charge in [-0.25, -0.2) is 0 Å². The predicted molar refractivity (Wildman–Crippen MR) is 100 cm³/mol. The summed E-state index contributed by atoms with van der Waals surface area (Å²) in [7, 11) is 5.41. The first-order chi connectivity index (χ1) is 11.6. The SMILES string of the molecule is COc1ccc(CCN(C)CCOc2cccc(Br)c2)cc1OC. The largest absolute Gasteiger partial charge is 0.493 e. The van der Waals surface area contributed by atoms with E-state index in [4.69, 9.17) is 14.2 Å². The van der Waals surface area contributed by atoms with Crippen LogP contribution in [0, 0.1) is 0 Å². The van der Waals surface area contributed by atoms with Crippen molar-refractivity contribution < 1.29 is 14.2 Å². The van der Waals surface area contributed by atoms with Gasteiger partial charge in [-0.15, -0.1) is 0 Å². The molecular formula is C19H24BrNO3. The molecule has 0 N–H and O–H groups in total. The third-order valence-corrected chi connectivity index (χ3v) is 4.26. The van der Waals surface area contributed by atoms with Crippen molar-refractivity contribution in [2.75, 3.05) is 41.0 Å². The van der Waals surface area contributed by atoms with Gasteiger partial charge in [-0.1, -0.05) is 28.1 Å². The van der Waals surface area contributed by atoms with Crippen LogP contribution in [0.2, 0.25) is 0 Å². The molecule has 0 aliphatic carbocycles. The topological polar surface area (TPSA) is 30.9 Å². The van der Waals surface area contributed by atoms with Crippen molar-refractivity contribution in [3.8, 4) is 17.2 Å². The molecule has 130 valence electrons. The number of halogens is 1. The van der Waals surface area contributed by atoms with Gasteiger partial charge in [-0.05, 0) is 49.4 Å². The Morgan fingerprint density at radius 1 is 0.958 bits per heavy atom. The molecule has 0 atom stereocenters. The minimum absolute atomic E-state index is 0.666. The lowest BCUT2D eigenvalue weighted by molar-refractivity contribution is 0.239. The monoisotopic (exact) mass is 393 g/mol. The van der Waals surface area contributed by atoms with Gasteiger partial charge >= 0.3 is 0 Å². The van der Waals surface area contributed by atoms with Gasteiger partial charge in [0.05, 0.1) is 14.2 Å². The standard InChI is InChI=1S/C19H24BrNO3/c1-21(11-12-24-17-6-4-5-16(20)14-17)10-9-15-7-8-18(22-2)19(13-15)23-3/h4-8,13-14H,9-12H2,1-3H3. The third kappa shape index (κ3) is 5.73. The third-order valence-electron chi connectivity index (χ3n) is 3.77. The van der Waals surface area contributed by atoms with Gasteiger partial charge in [0.2, 0.25) is 0 Å². The highest BCUT2D eigenvalue weighted by atomic mass is 79.9. The molecule has 0 heterocycles. The summed E-state index contributed by atoms with van der Waals surface area (Å²) in [5, 5.41) is 0. The van der Waals surface area contributed by atoms with E-state index in [1.165, 1.54) is 5.56 Å². The number of rotatable bonds is 9. The lowest BCUT2D eigenvalue weighted by atomic mass is 10.1. The zero-order valence-corrected chi connectivity index (χ0v) is 16.0. The molecule has 2 rings (SSSR count). The van der Waals surface area contributed by atoms with Crippen molar-refractivity contribution in [1.82, 2.24) is 4.90 Å². The van der Waals surface area contributed by atoms with E-state index >= 15 is 0 Å². The normalized spacial score (nSPS) is 10.7. The molecule has 5 heteroatoms. The number of ether oxygens (including phenoxy) is 3. The second kappa shape index (κ2) is 9.55. The van der Waals surface area contributed by atoms with Crippen LogP contribution < -0.4 is 14.2 Å². The summed E-state index contributed by atoms with van der Waals surface area (Å²) < 4.78 is 17.4. The molecular weight excluding hydrogens is 370 g/mol. The highest BCUT2D eigenvalue weighted by molar-refractivity contribution is 9.10. The lowest BCUT2D eigenvalue weighted by Gasteiger charge is -2.17. The van der Waals surface area contributed by atoms with Crippen molar-refractivity contribution in [2.24, 2.45) is 0 Å².